The molecule has 2 heterocycles. The van der Waals surface area contributed by atoms with Gasteiger partial charge in [-0.3, -0.25) is 0 Å². The van der Waals surface area contributed by atoms with Gasteiger partial charge in [0.25, 0.3) is 0 Å². The minimum absolute atomic E-state index is 1.08. The Balaban J connectivity index is 2.07. The standard InChI is InChI=1S/C12H17NS/c1-2-11-5-6-12(14-11)8-10-4-3-7-13-9-10/h5-6,8,13H,2-4,7,9H2,1H3. The molecule has 1 fully saturated rings. The predicted octanol–water partition coefficient (Wildman–Crippen LogP) is 3.08. The van der Waals surface area contributed by atoms with Crippen LogP contribution >= 0.6 is 11.3 Å². The summed E-state index contributed by atoms with van der Waals surface area (Å²) in [5, 5.41) is 3.41. The number of rotatable bonds is 2. The minimum atomic E-state index is 1.08. The highest BCUT2D eigenvalue weighted by molar-refractivity contribution is 7.12. The first-order chi connectivity index (χ1) is 6.88. The molecule has 0 radical (unpaired) electrons. The first-order valence-corrected chi connectivity index (χ1v) is 6.19. The van der Waals surface area contributed by atoms with Crippen molar-refractivity contribution in [3.63, 3.8) is 0 Å². The van der Waals surface area contributed by atoms with Crippen molar-refractivity contribution in [1.82, 2.24) is 5.32 Å². The van der Waals surface area contributed by atoms with E-state index >= 15 is 0 Å². The van der Waals surface area contributed by atoms with Crippen LogP contribution in [0.25, 0.3) is 6.08 Å². The molecule has 0 aliphatic carbocycles. The summed E-state index contributed by atoms with van der Waals surface area (Å²) in [4.78, 5) is 2.90. The number of thiophene rings is 1. The van der Waals surface area contributed by atoms with E-state index in [1.54, 1.807) is 5.57 Å². The van der Waals surface area contributed by atoms with E-state index in [4.69, 9.17) is 0 Å². The van der Waals surface area contributed by atoms with Crippen molar-refractivity contribution in [2.24, 2.45) is 0 Å². The highest BCUT2D eigenvalue weighted by Crippen LogP contribution is 2.21. The van der Waals surface area contributed by atoms with E-state index in [1.165, 1.54) is 29.1 Å². The smallest absolute Gasteiger partial charge is 0.0273 e. The summed E-state index contributed by atoms with van der Waals surface area (Å²) in [6.07, 6.45) is 6.08. The Morgan fingerprint density at radius 1 is 1.50 bits per heavy atom. The molecule has 0 atom stereocenters. The lowest BCUT2D eigenvalue weighted by Crippen LogP contribution is -2.23. The Bertz CT molecular complexity index is 317. The second kappa shape index (κ2) is 4.76. The van der Waals surface area contributed by atoms with Crippen LogP contribution in [0.4, 0.5) is 0 Å². The molecule has 76 valence electrons. The molecule has 2 heteroatoms. The molecule has 1 aliphatic rings. The normalized spacial score (nSPS) is 20.2. The number of nitrogens with one attached hydrogen (secondary N) is 1. The Morgan fingerprint density at radius 3 is 3.07 bits per heavy atom. The molecule has 1 aromatic rings. The van der Waals surface area contributed by atoms with Crippen LogP contribution in [-0.4, -0.2) is 13.1 Å². The second-order valence-corrected chi connectivity index (χ2v) is 4.94. The molecule has 0 spiro atoms. The van der Waals surface area contributed by atoms with Crippen molar-refractivity contribution < 1.29 is 0 Å². The first kappa shape index (κ1) is 9.94. The third-order valence-electron chi connectivity index (χ3n) is 2.58. The fraction of sp³-hybridized carbons (Fsp3) is 0.500. The Hall–Kier alpha value is -0.600. The van der Waals surface area contributed by atoms with Crippen LogP contribution in [-0.2, 0) is 6.42 Å². The van der Waals surface area contributed by atoms with Gasteiger partial charge in [0.2, 0.25) is 0 Å². The molecule has 14 heavy (non-hydrogen) atoms. The van der Waals surface area contributed by atoms with Crippen LogP contribution in [0.3, 0.4) is 0 Å². The van der Waals surface area contributed by atoms with Crippen LogP contribution in [0.15, 0.2) is 17.7 Å². The van der Waals surface area contributed by atoms with Crippen LogP contribution in [0, 0.1) is 0 Å². The van der Waals surface area contributed by atoms with Gasteiger partial charge in [0.15, 0.2) is 0 Å². The zero-order valence-electron chi connectivity index (χ0n) is 8.68. The van der Waals surface area contributed by atoms with Gasteiger partial charge in [-0.1, -0.05) is 12.5 Å². The molecule has 0 saturated carbocycles. The number of aryl methyl sites for hydroxylation is 1. The molecule has 0 bridgehead atoms. The minimum Gasteiger partial charge on any atom is -0.313 e. The lowest BCUT2D eigenvalue weighted by atomic mass is 10.1. The first-order valence-electron chi connectivity index (χ1n) is 5.37. The Morgan fingerprint density at radius 2 is 2.43 bits per heavy atom. The monoisotopic (exact) mass is 207 g/mol. The van der Waals surface area contributed by atoms with Crippen LogP contribution < -0.4 is 5.32 Å². The van der Waals surface area contributed by atoms with Crippen molar-refractivity contribution in [3.8, 4) is 0 Å². The summed E-state index contributed by atoms with van der Waals surface area (Å²) >= 11 is 1.92. The van der Waals surface area contributed by atoms with Crippen LogP contribution in [0.1, 0.15) is 29.5 Å². The molecule has 0 unspecified atom stereocenters. The van der Waals surface area contributed by atoms with Crippen LogP contribution in [0.5, 0.6) is 0 Å². The molecular formula is C12H17NS. The van der Waals surface area contributed by atoms with E-state index in [0.717, 1.165) is 13.0 Å². The van der Waals surface area contributed by atoms with Gasteiger partial charge in [-0.2, -0.15) is 0 Å². The third-order valence-corrected chi connectivity index (χ3v) is 3.76. The zero-order chi connectivity index (χ0) is 9.80. The van der Waals surface area contributed by atoms with Gasteiger partial charge >= 0.3 is 0 Å². The maximum Gasteiger partial charge on any atom is 0.0273 e. The van der Waals surface area contributed by atoms with Crippen LogP contribution in [0.2, 0.25) is 0 Å². The molecule has 1 nitrogen and oxygen atoms in total. The molecular weight excluding hydrogens is 190 g/mol. The molecule has 0 aromatic carbocycles. The molecule has 0 amide bonds. The summed E-state index contributed by atoms with van der Waals surface area (Å²) in [5.74, 6) is 0. The molecule has 2 rings (SSSR count). The van der Waals surface area contributed by atoms with Crippen molar-refractivity contribution in [1.29, 1.82) is 0 Å². The Kier molecular flexibility index (Phi) is 3.38. The van der Waals surface area contributed by atoms with E-state index in [9.17, 15) is 0 Å². The van der Waals surface area contributed by atoms with E-state index < -0.39 is 0 Å². The second-order valence-electron chi connectivity index (χ2n) is 3.74. The summed E-state index contributed by atoms with van der Waals surface area (Å²) in [7, 11) is 0. The molecule has 1 aliphatic heterocycles. The summed E-state index contributed by atoms with van der Waals surface area (Å²) < 4.78 is 0. The van der Waals surface area contributed by atoms with Crippen molar-refractivity contribution in [2.45, 2.75) is 26.2 Å². The van der Waals surface area contributed by atoms with Crippen molar-refractivity contribution in [2.75, 3.05) is 13.1 Å². The molecule has 1 aromatic heterocycles. The van der Waals surface area contributed by atoms with Crippen molar-refractivity contribution >= 4 is 17.4 Å². The van der Waals surface area contributed by atoms with E-state index in [1.807, 2.05) is 11.3 Å². The maximum absolute atomic E-state index is 3.41. The van der Waals surface area contributed by atoms with Gasteiger partial charge in [-0.25, -0.2) is 0 Å². The third kappa shape index (κ3) is 2.46. The highest BCUT2D eigenvalue weighted by atomic mass is 32.1. The van der Waals surface area contributed by atoms with Crippen molar-refractivity contribution in [3.05, 3.63) is 27.5 Å². The lowest BCUT2D eigenvalue weighted by Gasteiger charge is -2.14. The average molecular weight is 207 g/mol. The van der Waals surface area contributed by atoms with E-state index in [2.05, 4.69) is 30.4 Å². The molecule has 1 saturated heterocycles. The predicted molar refractivity (Wildman–Crippen MR) is 63.8 cm³/mol. The van der Waals surface area contributed by atoms with Gasteiger partial charge in [-0.05, 0) is 44.0 Å². The average Bonchev–Trinajstić information content (AvgIpc) is 2.67. The largest absolute Gasteiger partial charge is 0.313 e. The zero-order valence-corrected chi connectivity index (χ0v) is 9.49. The number of piperidine rings is 1. The summed E-state index contributed by atoms with van der Waals surface area (Å²) in [5.41, 5.74) is 1.56. The summed E-state index contributed by atoms with van der Waals surface area (Å²) in [6, 6.07) is 4.48. The molecule has 1 N–H and O–H groups in total. The number of hydrogen-bond donors (Lipinski definition) is 1. The topological polar surface area (TPSA) is 12.0 Å². The van der Waals surface area contributed by atoms with E-state index in [-0.39, 0.29) is 0 Å². The summed E-state index contributed by atoms with van der Waals surface area (Å²) in [6.45, 7) is 4.48. The Labute approximate surface area is 89.8 Å². The van der Waals surface area contributed by atoms with Gasteiger partial charge in [0.1, 0.15) is 0 Å². The van der Waals surface area contributed by atoms with Gasteiger partial charge in [-0.15, -0.1) is 11.3 Å². The van der Waals surface area contributed by atoms with Gasteiger partial charge < -0.3 is 5.32 Å². The number of hydrogen-bond acceptors (Lipinski definition) is 2. The van der Waals surface area contributed by atoms with Gasteiger partial charge in [0.05, 0.1) is 0 Å². The lowest BCUT2D eigenvalue weighted by molar-refractivity contribution is 0.613. The quantitative estimate of drug-likeness (QED) is 0.786. The highest BCUT2D eigenvalue weighted by Gasteiger charge is 2.04. The maximum atomic E-state index is 3.41. The van der Waals surface area contributed by atoms with Gasteiger partial charge in [0, 0.05) is 16.3 Å². The fourth-order valence-electron chi connectivity index (χ4n) is 1.76. The van der Waals surface area contributed by atoms with E-state index in [0.29, 0.717) is 0 Å². The SMILES string of the molecule is CCc1ccc(C=C2CCCNC2)s1. The fourth-order valence-corrected chi connectivity index (χ4v) is 2.71.